The van der Waals surface area contributed by atoms with Gasteiger partial charge in [0.05, 0.1) is 10.6 Å². The van der Waals surface area contributed by atoms with Gasteiger partial charge in [-0.3, -0.25) is 14.5 Å². The fourth-order valence-corrected chi connectivity index (χ4v) is 4.81. The Morgan fingerprint density at radius 2 is 1.82 bits per heavy atom. The Hall–Kier alpha value is -2.93. The number of primary amides is 1. The van der Waals surface area contributed by atoms with E-state index in [1.54, 1.807) is 42.4 Å². The average molecular weight is 498 g/mol. The first kappa shape index (κ1) is 24.2. The van der Waals surface area contributed by atoms with Gasteiger partial charge in [-0.15, -0.1) is 0 Å². The predicted octanol–water partition coefficient (Wildman–Crippen LogP) is 5.63. The van der Waals surface area contributed by atoms with E-state index in [2.05, 4.69) is 0 Å². The van der Waals surface area contributed by atoms with Crippen LogP contribution in [0.25, 0.3) is 11.1 Å². The van der Waals surface area contributed by atoms with Crippen LogP contribution in [0.2, 0.25) is 10.0 Å². The molecular weight excluding hydrogens is 473 g/mol. The van der Waals surface area contributed by atoms with Crippen LogP contribution >= 0.6 is 23.2 Å². The van der Waals surface area contributed by atoms with Crippen LogP contribution < -0.4 is 10.6 Å². The minimum atomic E-state index is -0.535. The summed E-state index contributed by atoms with van der Waals surface area (Å²) < 4.78 is 5.55. The van der Waals surface area contributed by atoms with Crippen LogP contribution in [-0.4, -0.2) is 37.1 Å². The zero-order valence-electron chi connectivity index (χ0n) is 19.0. The molecule has 176 valence electrons. The number of carbonyl (C=O) groups excluding carboxylic acids is 2. The van der Waals surface area contributed by atoms with Gasteiger partial charge in [0.2, 0.25) is 5.91 Å². The van der Waals surface area contributed by atoms with E-state index in [1.165, 1.54) is 0 Å². The molecule has 0 spiro atoms. The number of hydrogen-bond acceptors (Lipinski definition) is 4. The van der Waals surface area contributed by atoms with E-state index >= 15 is 0 Å². The van der Waals surface area contributed by atoms with Crippen molar-refractivity contribution in [1.82, 2.24) is 4.98 Å². The van der Waals surface area contributed by atoms with Crippen molar-refractivity contribution in [3.05, 3.63) is 81.0 Å². The smallest absolute Gasteiger partial charge is 0.260 e. The first-order valence-corrected chi connectivity index (χ1v) is 11.7. The second kappa shape index (κ2) is 10.1. The quantitative estimate of drug-likeness (QED) is 0.494. The highest BCUT2D eigenvalue weighted by Crippen LogP contribution is 2.38. The number of halogens is 2. The zero-order valence-corrected chi connectivity index (χ0v) is 20.5. The number of aryl methyl sites for hydroxylation is 1. The van der Waals surface area contributed by atoms with E-state index in [0.29, 0.717) is 45.8 Å². The predicted molar refractivity (Wildman–Crippen MR) is 135 cm³/mol. The summed E-state index contributed by atoms with van der Waals surface area (Å²) >= 11 is 12.8. The molecule has 0 radical (unpaired) electrons. The van der Waals surface area contributed by atoms with Gasteiger partial charge in [0, 0.05) is 48.2 Å². The van der Waals surface area contributed by atoms with Crippen LogP contribution in [0.15, 0.2) is 48.7 Å². The Kier molecular flexibility index (Phi) is 7.22. The van der Waals surface area contributed by atoms with Crippen molar-refractivity contribution in [2.45, 2.75) is 25.7 Å². The summed E-state index contributed by atoms with van der Waals surface area (Å²) in [5, 5.41) is 0.879. The number of nitrogens with zero attached hydrogens (tertiary/aromatic N) is 2. The molecule has 2 N–H and O–H groups in total. The van der Waals surface area contributed by atoms with Crippen LogP contribution in [0, 0.1) is 6.92 Å². The molecule has 2 aromatic carbocycles. The summed E-state index contributed by atoms with van der Waals surface area (Å²) in [7, 11) is 1.70. The normalized spacial score (nSPS) is 14.1. The number of nitrogens with two attached hydrogens (primary N) is 1. The van der Waals surface area contributed by atoms with E-state index in [4.69, 9.17) is 38.7 Å². The van der Waals surface area contributed by atoms with Gasteiger partial charge in [0.1, 0.15) is 5.82 Å². The molecule has 34 heavy (non-hydrogen) atoms. The van der Waals surface area contributed by atoms with Gasteiger partial charge in [0.15, 0.2) is 0 Å². The summed E-state index contributed by atoms with van der Waals surface area (Å²) in [6.07, 6.45) is 3.27. The number of benzene rings is 2. The van der Waals surface area contributed by atoms with Crippen LogP contribution in [0.1, 0.15) is 50.6 Å². The van der Waals surface area contributed by atoms with E-state index < -0.39 is 5.91 Å². The zero-order chi connectivity index (χ0) is 24.4. The van der Waals surface area contributed by atoms with Crippen LogP contribution in [0.5, 0.6) is 0 Å². The fourth-order valence-electron chi connectivity index (χ4n) is 4.28. The first-order chi connectivity index (χ1) is 16.3. The number of pyridine rings is 1. The first-order valence-electron chi connectivity index (χ1n) is 11.0. The number of carbonyl (C=O) groups is 2. The maximum absolute atomic E-state index is 13.5. The van der Waals surface area contributed by atoms with Crippen molar-refractivity contribution < 1.29 is 14.3 Å². The molecule has 0 bridgehead atoms. The average Bonchev–Trinajstić information content (AvgIpc) is 2.83. The molecule has 0 atom stereocenters. The molecule has 0 saturated carbocycles. The third kappa shape index (κ3) is 4.80. The van der Waals surface area contributed by atoms with E-state index in [9.17, 15) is 9.59 Å². The van der Waals surface area contributed by atoms with Crippen molar-refractivity contribution in [3.8, 4) is 11.1 Å². The maximum atomic E-state index is 13.5. The highest BCUT2D eigenvalue weighted by Gasteiger charge is 2.27. The van der Waals surface area contributed by atoms with Crippen molar-refractivity contribution in [1.29, 1.82) is 0 Å². The van der Waals surface area contributed by atoms with Gasteiger partial charge in [-0.2, -0.15) is 0 Å². The number of rotatable bonds is 5. The molecule has 6 nitrogen and oxygen atoms in total. The minimum Gasteiger partial charge on any atom is -0.381 e. The third-order valence-corrected chi connectivity index (χ3v) is 6.82. The largest absolute Gasteiger partial charge is 0.381 e. The van der Waals surface area contributed by atoms with E-state index in [1.807, 2.05) is 25.1 Å². The lowest BCUT2D eigenvalue weighted by Crippen LogP contribution is -2.30. The summed E-state index contributed by atoms with van der Waals surface area (Å²) in [6, 6.07) is 12.3. The number of anilines is 1. The molecule has 1 aliphatic heterocycles. The van der Waals surface area contributed by atoms with Gasteiger partial charge in [0.25, 0.3) is 5.91 Å². The molecule has 1 saturated heterocycles. The molecule has 8 heteroatoms. The van der Waals surface area contributed by atoms with Crippen LogP contribution in [0.3, 0.4) is 0 Å². The van der Waals surface area contributed by atoms with Crippen LogP contribution in [0.4, 0.5) is 5.82 Å². The highest BCUT2D eigenvalue weighted by atomic mass is 35.5. The molecule has 1 aromatic heterocycles. The molecule has 4 rings (SSSR count). The van der Waals surface area contributed by atoms with Crippen molar-refractivity contribution in [2.75, 3.05) is 25.2 Å². The number of ether oxygens (including phenoxy) is 1. The van der Waals surface area contributed by atoms with Crippen molar-refractivity contribution in [3.63, 3.8) is 0 Å². The fraction of sp³-hybridized carbons (Fsp3) is 0.269. The maximum Gasteiger partial charge on any atom is 0.260 e. The van der Waals surface area contributed by atoms with Gasteiger partial charge in [-0.25, -0.2) is 4.98 Å². The summed E-state index contributed by atoms with van der Waals surface area (Å²) in [5.41, 5.74) is 9.39. The lowest BCUT2D eigenvalue weighted by molar-refractivity contribution is 0.0853. The Morgan fingerprint density at radius 1 is 1.09 bits per heavy atom. The lowest BCUT2D eigenvalue weighted by Gasteiger charge is -2.28. The Balaban J connectivity index is 1.81. The number of aromatic nitrogens is 1. The molecular formula is C26H25Cl2N3O3. The van der Waals surface area contributed by atoms with Crippen LogP contribution in [-0.2, 0) is 4.74 Å². The second-order valence-corrected chi connectivity index (χ2v) is 9.19. The van der Waals surface area contributed by atoms with E-state index in [-0.39, 0.29) is 11.8 Å². The molecule has 0 aliphatic carbocycles. The Labute approximate surface area is 208 Å². The minimum absolute atomic E-state index is 0.150. The summed E-state index contributed by atoms with van der Waals surface area (Å²) in [6.45, 7) is 3.12. The standard InChI is InChI=1S/C26H25Cl2N3O3/c1-15-4-3-5-22(28)23(15)26(33)31(2)25-20(16-8-10-34-11-9-16)13-18(14-30-25)19-12-17(24(29)32)6-7-21(19)27/h3-7,12-14,16H,8-11H2,1-2H3,(H2,29,32). The van der Waals surface area contributed by atoms with Gasteiger partial charge >= 0.3 is 0 Å². The summed E-state index contributed by atoms with van der Waals surface area (Å²) in [5.74, 6) is -0.0583. The molecule has 1 aliphatic rings. The highest BCUT2D eigenvalue weighted by molar-refractivity contribution is 6.35. The monoisotopic (exact) mass is 497 g/mol. The topological polar surface area (TPSA) is 85.5 Å². The van der Waals surface area contributed by atoms with Crippen molar-refractivity contribution >= 4 is 40.8 Å². The molecule has 1 fully saturated rings. The van der Waals surface area contributed by atoms with Gasteiger partial charge in [-0.05, 0) is 67.1 Å². The van der Waals surface area contributed by atoms with Gasteiger partial charge < -0.3 is 10.5 Å². The van der Waals surface area contributed by atoms with E-state index in [0.717, 1.165) is 29.5 Å². The molecule has 3 aromatic rings. The Morgan fingerprint density at radius 3 is 2.50 bits per heavy atom. The second-order valence-electron chi connectivity index (χ2n) is 8.38. The van der Waals surface area contributed by atoms with Gasteiger partial charge in [-0.1, -0.05) is 35.3 Å². The Bertz CT molecular complexity index is 1240. The SMILES string of the molecule is Cc1cccc(Cl)c1C(=O)N(C)c1ncc(-c2cc(C(N)=O)ccc2Cl)cc1C1CCOCC1. The lowest BCUT2D eigenvalue weighted by atomic mass is 9.89. The summed E-state index contributed by atoms with van der Waals surface area (Å²) in [4.78, 5) is 31.4. The van der Waals surface area contributed by atoms with Crippen molar-refractivity contribution in [2.24, 2.45) is 5.73 Å². The third-order valence-electron chi connectivity index (χ3n) is 6.18. The number of amides is 2. The molecule has 2 amide bonds. The molecule has 0 unspecified atom stereocenters. The number of hydrogen-bond donors (Lipinski definition) is 1. The molecule has 2 heterocycles.